The summed E-state index contributed by atoms with van der Waals surface area (Å²) < 4.78 is 45.9. The fourth-order valence-corrected chi connectivity index (χ4v) is 4.77. The molecule has 0 amide bonds. The Balaban J connectivity index is 2.06. The molecule has 2 rings (SSSR count). The molecule has 0 radical (unpaired) electrons. The van der Waals surface area contributed by atoms with E-state index < -0.39 is 15.8 Å². The molecule has 0 bridgehead atoms. The number of halogens is 2. The van der Waals surface area contributed by atoms with Gasteiger partial charge in [0.1, 0.15) is 10.7 Å². The number of hydrogen-bond donors (Lipinski definition) is 0. The van der Waals surface area contributed by atoms with E-state index in [2.05, 4.69) is 4.90 Å². The summed E-state index contributed by atoms with van der Waals surface area (Å²) in [6.07, 6.45) is 0.727. The van der Waals surface area contributed by atoms with E-state index in [4.69, 9.17) is 16.3 Å². The lowest BCUT2D eigenvalue weighted by molar-refractivity contribution is 0.0369. The van der Waals surface area contributed by atoms with Crippen molar-refractivity contribution < 1.29 is 17.5 Å². The van der Waals surface area contributed by atoms with Crippen LogP contribution in [0.2, 0.25) is 5.02 Å². The SMILES string of the molecule is CCN(CCCN1CCOCC1)S(=O)(=O)c1cc(C)c(F)cc1Cl. The number of sulfonamides is 1. The van der Waals surface area contributed by atoms with Crippen LogP contribution in [0.5, 0.6) is 0 Å². The molecule has 1 aromatic rings. The maximum absolute atomic E-state index is 13.5. The number of ether oxygens (including phenoxy) is 1. The van der Waals surface area contributed by atoms with E-state index in [1.165, 1.54) is 17.3 Å². The molecule has 136 valence electrons. The van der Waals surface area contributed by atoms with Crippen LogP contribution in [0.3, 0.4) is 0 Å². The lowest BCUT2D eigenvalue weighted by atomic mass is 10.2. The first-order chi connectivity index (χ1) is 11.4. The fraction of sp³-hybridized carbons (Fsp3) is 0.625. The summed E-state index contributed by atoms with van der Waals surface area (Å²) in [6.45, 7) is 8.09. The molecule has 0 N–H and O–H groups in total. The summed E-state index contributed by atoms with van der Waals surface area (Å²) in [7, 11) is -3.73. The first-order valence-corrected chi connectivity index (χ1v) is 9.94. The molecule has 0 aliphatic carbocycles. The van der Waals surface area contributed by atoms with Crippen molar-refractivity contribution in [2.45, 2.75) is 25.2 Å². The highest BCUT2D eigenvalue weighted by atomic mass is 35.5. The summed E-state index contributed by atoms with van der Waals surface area (Å²) in [5, 5.41) is -0.0790. The Kier molecular flexibility index (Phi) is 7.00. The fourth-order valence-electron chi connectivity index (χ4n) is 2.71. The summed E-state index contributed by atoms with van der Waals surface area (Å²) in [5.41, 5.74) is 0.266. The van der Waals surface area contributed by atoms with Gasteiger partial charge in [0.05, 0.1) is 18.2 Å². The quantitative estimate of drug-likeness (QED) is 0.731. The van der Waals surface area contributed by atoms with Crippen LogP contribution in [-0.4, -0.2) is 63.6 Å². The van der Waals surface area contributed by atoms with Crippen LogP contribution >= 0.6 is 11.6 Å². The summed E-state index contributed by atoms with van der Waals surface area (Å²) >= 11 is 5.97. The van der Waals surface area contributed by atoms with E-state index in [1.54, 1.807) is 6.92 Å². The van der Waals surface area contributed by atoms with Crippen LogP contribution in [0.4, 0.5) is 4.39 Å². The molecule has 0 saturated carbocycles. The molecular formula is C16H24ClFN2O3S. The molecule has 8 heteroatoms. The molecule has 1 aliphatic rings. The second kappa shape index (κ2) is 8.58. The van der Waals surface area contributed by atoms with Crippen LogP contribution in [0.15, 0.2) is 17.0 Å². The van der Waals surface area contributed by atoms with Crippen LogP contribution in [0, 0.1) is 12.7 Å². The molecule has 0 spiro atoms. The Hall–Kier alpha value is -0.730. The predicted molar refractivity (Wildman–Crippen MR) is 92.5 cm³/mol. The minimum absolute atomic E-state index is 0.0312. The maximum atomic E-state index is 13.5. The number of hydrogen-bond acceptors (Lipinski definition) is 4. The predicted octanol–water partition coefficient (Wildman–Crippen LogP) is 2.52. The normalized spacial score (nSPS) is 16.7. The topological polar surface area (TPSA) is 49.9 Å². The Morgan fingerprint density at radius 3 is 2.62 bits per heavy atom. The van der Waals surface area contributed by atoms with Gasteiger partial charge in [0.15, 0.2) is 0 Å². The van der Waals surface area contributed by atoms with Gasteiger partial charge >= 0.3 is 0 Å². The zero-order valence-corrected chi connectivity index (χ0v) is 15.7. The number of aryl methyl sites for hydroxylation is 1. The van der Waals surface area contributed by atoms with Gasteiger partial charge in [-0.3, -0.25) is 4.90 Å². The van der Waals surface area contributed by atoms with Gasteiger partial charge in [-0.15, -0.1) is 0 Å². The minimum atomic E-state index is -3.73. The summed E-state index contributed by atoms with van der Waals surface area (Å²) in [4.78, 5) is 2.23. The highest BCUT2D eigenvalue weighted by molar-refractivity contribution is 7.89. The molecule has 5 nitrogen and oxygen atoms in total. The Bertz CT molecular complexity index is 664. The van der Waals surface area contributed by atoms with Crippen LogP contribution in [-0.2, 0) is 14.8 Å². The second-order valence-electron chi connectivity index (χ2n) is 5.84. The number of benzene rings is 1. The third-order valence-electron chi connectivity index (χ3n) is 4.17. The highest BCUT2D eigenvalue weighted by Gasteiger charge is 2.26. The van der Waals surface area contributed by atoms with E-state index >= 15 is 0 Å². The van der Waals surface area contributed by atoms with Gasteiger partial charge in [0.25, 0.3) is 0 Å². The smallest absolute Gasteiger partial charge is 0.244 e. The van der Waals surface area contributed by atoms with Gasteiger partial charge in [-0.05, 0) is 37.6 Å². The molecule has 24 heavy (non-hydrogen) atoms. The van der Waals surface area contributed by atoms with E-state index in [-0.39, 0.29) is 15.5 Å². The van der Waals surface area contributed by atoms with Crippen molar-refractivity contribution in [3.63, 3.8) is 0 Å². The maximum Gasteiger partial charge on any atom is 0.244 e. The first kappa shape index (κ1) is 19.6. The van der Waals surface area contributed by atoms with Crippen molar-refractivity contribution in [1.29, 1.82) is 0 Å². The van der Waals surface area contributed by atoms with Gasteiger partial charge in [-0.25, -0.2) is 12.8 Å². The van der Waals surface area contributed by atoms with Crippen molar-refractivity contribution in [1.82, 2.24) is 9.21 Å². The third-order valence-corrected chi connectivity index (χ3v) is 6.61. The van der Waals surface area contributed by atoms with E-state index in [0.29, 0.717) is 13.1 Å². The summed E-state index contributed by atoms with van der Waals surface area (Å²) in [5.74, 6) is -0.505. The average Bonchev–Trinajstić information content (AvgIpc) is 2.55. The van der Waals surface area contributed by atoms with E-state index in [0.717, 1.165) is 45.3 Å². The first-order valence-electron chi connectivity index (χ1n) is 8.12. The van der Waals surface area contributed by atoms with E-state index in [1.807, 2.05) is 0 Å². The van der Waals surface area contributed by atoms with Crippen molar-refractivity contribution in [3.05, 3.63) is 28.5 Å². The van der Waals surface area contributed by atoms with Gasteiger partial charge in [0.2, 0.25) is 10.0 Å². The lowest BCUT2D eigenvalue weighted by Crippen LogP contribution is -2.39. The van der Waals surface area contributed by atoms with Crippen LogP contribution in [0.25, 0.3) is 0 Å². The number of nitrogens with zero attached hydrogens (tertiary/aromatic N) is 2. The van der Waals surface area contributed by atoms with Crippen molar-refractivity contribution in [2.24, 2.45) is 0 Å². The van der Waals surface area contributed by atoms with Crippen molar-refractivity contribution in [3.8, 4) is 0 Å². The van der Waals surface area contributed by atoms with Crippen LogP contribution < -0.4 is 0 Å². The number of rotatable bonds is 7. The largest absolute Gasteiger partial charge is 0.379 e. The third kappa shape index (κ3) is 4.67. The monoisotopic (exact) mass is 378 g/mol. The zero-order valence-electron chi connectivity index (χ0n) is 14.1. The van der Waals surface area contributed by atoms with E-state index in [9.17, 15) is 12.8 Å². The second-order valence-corrected chi connectivity index (χ2v) is 8.15. The van der Waals surface area contributed by atoms with Crippen molar-refractivity contribution in [2.75, 3.05) is 45.9 Å². The molecule has 1 heterocycles. The standard InChI is InChI=1S/C16H24ClFN2O3S/c1-3-20(6-4-5-19-7-9-23-10-8-19)24(21,22)16-11-13(2)15(18)12-14(16)17/h11-12H,3-10H2,1-2H3. The molecule has 1 saturated heterocycles. The lowest BCUT2D eigenvalue weighted by Gasteiger charge is -2.28. The van der Waals surface area contributed by atoms with Gasteiger partial charge in [0, 0.05) is 26.2 Å². The minimum Gasteiger partial charge on any atom is -0.379 e. The van der Waals surface area contributed by atoms with Crippen LogP contribution in [0.1, 0.15) is 18.9 Å². The average molecular weight is 379 g/mol. The number of morpholine rings is 1. The Morgan fingerprint density at radius 1 is 1.33 bits per heavy atom. The van der Waals surface area contributed by atoms with Gasteiger partial charge in [-0.2, -0.15) is 4.31 Å². The highest BCUT2D eigenvalue weighted by Crippen LogP contribution is 2.27. The Morgan fingerprint density at radius 2 is 2.00 bits per heavy atom. The molecule has 0 aromatic heterocycles. The molecule has 1 aromatic carbocycles. The zero-order chi connectivity index (χ0) is 17.7. The van der Waals surface area contributed by atoms with Gasteiger partial charge in [-0.1, -0.05) is 18.5 Å². The molecule has 1 aliphatic heterocycles. The van der Waals surface area contributed by atoms with Crippen molar-refractivity contribution >= 4 is 21.6 Å². The molecule has 0 unspecified atom stereocenters. The van der Waals surface area contributed by atoms with Gasteiger partial charge < -0.3 is 4.74 Å². The summed E-state index contributed by atoms with van der Waals surface area (Å²) in [6, 6.07) is 2.36. The molecular weight excluding hydrogens is 355 g/mol. The Labute approximate surface area is 148 Å². The molecule has 0 atom stereocenters. The molecule has 1 fully saturated rings.